The van der Waals surface area contributed by atoms with Gasteiger partial charge in [-0.25, -0.2) is 0 Å². The van der Waals surface area contributed by atoms with Crippen molar-refractivity contribution in [1.29, 1.82) is 0 Å². The number of ether oxygens (including phenoxy) is 4. The molecule has 1 heterocycles. The van der Waals surface area contributed by atoms with Crippen molar-refractivity contribution >= 4 is 11.6 Å². The number of rotatable bonds is 9. The molecule has 7 heteroatoms. The van der Waals surface area contributed by atoms with Crippen LogP contribution in [0, 0.1) is 0 Å². The van der Waals surface area contributed by atoms with Crippen LogP contribution in [-0.2, 0) is 6.61 Å². The summed E-state index contributed by atoms with van der Waals surface area (Å²) in [6.07, 6.45) is 1.05. The topological polar surface area (TPSA) is 52.2 Å². The van der Waals surface area contributed by atoms with Crippen molar-refractivity contribution in [1.82, 2.24) is 10.2 Å². The lowest BCUT2D eigenvalue weighted by molar-refractivity contribution is 0.233. The molecular weight excluding hydrogens is 464 g/mol. The van der Waals surface area contributed by atoms with Gasteiger partial charge in [0.25, 0.3) is 0 Å². The van der Waals surface area contributed by atoms with Gasteiger partial charge < -0.3 is 24.3 Å². The summed E-state index contributed by atoms with van der Waals surface area (Å²) in [4.78, 5) is 2.45. The zero-order valence-corrected chi connectivity index (χ0v) is 21.3. The lowest BCUT2D eigenvalue weighted by Gasteiger charge is -2.33. The molecule has 1 aliphatic rings. The summed E-state index contributed by atoms with van der Waals surface area (Å²) in [5, 5.41) is 4.16. The molecular formula is C28H33ClN2O4. The summed E-state index contributed by atoms with van der Waals surface area (Å²) in [6, 6.07) is 19.8. The largest absolute Gasteiger partial charge is 0.496 e. The van der Waals surface area contributed by atoms with E-state index < -0.39 is 0 Å². The van der Waals surface area contributed by atoms with Crippen molar-refractivity contribution in [3.63, 3.8) is 0 Å². The van der Waals surface area contributed by atoms with Crippen LogP contribution < -0.4 is 24.3 Å². The van der Waals surface area contributed by atoms with Gasteiger partial charge in [0.2, 0.25) is 5.75 Å². The van der Waals surface area contributed by atoms with E-state index in [9.17, 15) is 0 Å². The summed E-state index contributed by atoms with van der Waals surface area (Å²) >= 11 is 6.46. The van der Waals surface area contributed by atoms with Crippen LogP contribution in [-0.4, -0.2) is 52.4 Å². The highest BCUT2D eigenvalue weighted by Crippen LogP contribution is 2.44. The van der Waals surface area contributed by atoms with Crippen LogP contribution in [0.25, 0.3) is 0 Å². The zero-order chi connectivity index (χ0) is 24.6. The predicted octanol–water partition coefficient (Wildman–Crippen LogP) is 5.33. The third-order valence-electron chi connectivity index (χ3n) is 6.25. The Hall–Kier alpha value is -2.93. The minimum Gasteiger partial charge on any atom is -0.496 e. The van der Waals surface area contributed by atoms with E-state index in [-0.39, 0.29) is 6.04 Å². The van der Waals surface area contributed by atoms with E-state index in [0.717, 1.165) is 55.0 Å². The van der Waals surface area contributed by atoms with Crippen molar-refractivity contribution < 1.29 is 18.9 Å². The Balaban J connectivity index is 1.78. The second-order valence-corrected chi connectivity index (χ2v) is 8.89. The monoisotopic (exact) mass is 496 g/mol. The van der Waals surface area contributed by atoms with Gasteiger partial charge in [-0.05, 0) is 54.4 Å². The molecule has 3 aromatic rings. The fourth-order valence-electron chi connectivity index (χ4n) is 4.56. The van der Waals surface area contributed by atoms with Crippen LogP contribution in [0.3, 0.4) is 0 Å². The summed E-state index contributed by atoms with van der Waals surface area (Å²) in [5.41, 5.74) is 3.09. The Morgan fingerprint density at radius 1 is 0.857 bits per heavy atom. The number of halogens is 1. The highest BCUT2D eigenvalue weighted by molar-refractivity contribution is 6.30. The van der Waals surface area contributed by atoms with Gasteiger partial charge in [0.15, 0.2) is 11.5 Å². The molecule has 0 saturated carbocycles. The van der Waals surface area contributed by atoms with Crippen LogP contribution in [0.4, 0.5) is 0 Å². The quantitative estimate of drug-likeness (QED) is 0.432. The number of nitrogens with zero attached hydrogens (tertiary/aromatic N) is 1. The maximum absolute atomic E-state index is 6.46. The molecule has 1 unspecified atom stereocenters. The molecule has 35 heavy (non-hydrogen) atoms. The first-order chi connectivity index (χ1) is 17.1. The maximum Gasteiger partial charge on any atom is 0.203 e. The summed E-state index contributed by atoms with van der Waals surface area (Å²) in [5.74, 6) is 2.61. The van der Waals surface area contributed by atoms with E-state index in [4.69, 9.17) is 30.5 Å². The van der Waals surface area contributed by atoms with Crippen molar-refractivity contribution in [2.75, 3.05) is 47.5 Å². The van der Waals surface area contributed by atoms with Crippen LogP contribution >= 0.6 is 11.6 Å². The molecule has 186 valence electrons. The molecule has 1 fully saturated rings. The summed E-state index contributed by atoms with van der Waals surface area (Å²) in [7, 11) is 4.99. The van der Waals surface area contributed by atoms with Gasteiger partial charge in [-0.2, -0.15) is 0 Å². The van der Waals surface area contributed by atoms with Gasteiger partial charge in [0, 0.05) is 30.2 Å². The van der Waals surface area contributed by atoms with Crippen LogP contribution in [0.5, 0.6) is 23.0 Å². The number of nitrogens with one attached hydrogen (secondary N) is 1. The SMILES string of the molecule is COc1ccc(Cl)cc1C(c1cc(OC)c(OCc2ccccc2)c(OC)c1)N1CCCNCC1. The van der Waals surface area contributed by atoms with Gasteiger partial charge in [0.05, 0.1) is 27.4 Å². The predicted molar refractivity (Wildman–Crippen MR) is 139 cm³/mol. The first-order valence-corrected chi connectivity index (χ1v) is 12.2. The van der Waals surface area contributed by atoms with Crippen molar-refractivity contribution in [3.05, 3.63) is 82.4 Å². The highest BCUT2D eigenvalue weighted by atomic mass is 35.5. The average molecular weight is 497 g/mol. The molecule has 4 rings (SSSR count). The van der Waals surface area contributed by atoms with E-state index in [1.54, 1.807) is 21.3 Å². The van der Waals surface area contributed by atoms with Crippen molar-refractivity contribution in [2.45, 2.75) is 19.1 Å². The highest BCUT2D eigenvalue weighted by Gasteiger charge is 2.29. The zero-order valence-electron chi connectivity index (χ0n) is 20.6. The molecule has 1 aliphatic heterocycles. The summed E-state index contributed by atoms with van der Waals surface area (Å²) in [6.45, 7) is 4.14. The van der Waals surface area contributed by atoms with Crippen LogP contribution in [0.1, 0.15) is 29.2 Å². The standard InChI is InChI=1S/C28H33ClN2O4/c1-32-24-11-10-22(29)18-23(24)27(31-14-7-12-30-13-15-31)21-16-25(33-2)28(26(17-21)34-3)35-19-20-8-5-4-6-9-20/h4-6,8-11,16-18,27,30H,7,12-15,19H2,1-3H3. The lowest BCUT2D eigenvalue weighted by Crippen LogP contribution is -2.33. The molecule has 0 spiro atoms. The van der Waals surface area contributed by atoms with Crippen LogP contribution in [0.2, 0.25) is 5.02 Å². The van der Waals surface area contributed by atoms with Crippen molar-refractivity contribution in [3.8, 4) is 23.0 Å². The molecule has 0 aromatic heterocycles. The number of hydrogen-bond acceptors (Lipinski definition) is 6. The van der Waals surface area contributed by atoms with Gasteiger partial charge in [-0.1, -0.05) is 41.9 Å². The Kier molecular flexibility index (Phi) is 8.74. The molecule has 1 N–H and O–H groups in total. The Bertz CT molecular complexity index is 1080. The second kappa shape index (κ2) is 12.2. The molecule has 0 amide bonds. The number of benzene rings is 3. The van der Waals surface area contributed by atoms with Gasteiger partial charge in [-0.15, -0.1) is 0 Å². The molecule has 0 radical (unpaired) electrons. The van der Waals surface area contributed by atoms with Gasteiger partial charge in [0.1, 0.15) is 12.4 Å². The van der Waals surface area contributed by atoms with E-state index >= 15 is 0 Å². The molecule has 1 saturated heterocycles. The Morgan fingerprint density at radius 3 is 2.26 bits per heavy atom. The van der Waals surface area contributed by atoms with E-state index in [0.29, 0.717) is 28.9 Å². The third kappa shape index (κ3) is 6.01. The number of hydrogen-bond donors (Lipinski definition) is 1. The molecule has 0 aliphatic carbocycles. The van der Waals surface area contributed by atoms with E-state index in [2.05, 4.69) is 10.2 Å². The van der Waals surface area contributed by atoms with Gasteiger partial charge >= 0.3 is 0 Å². The lowest BCUT2D eigenvalue weighted by atomic mass is 9.95. The van der Waals surface area contributed by atoms with E-state index in [1.165, 1.54) is 0 Å². The molecule has 3 aromatic carbocycles. The number of methoxy groups -OCH3 is 3. The van der Waals surface area contributed by atoms with E-state index in [1.807, 2.05) is 60.7 Å². The van der Waals surface area contributed by atoms with Gasteiger partial charge in [-0.3, -0.25) is 4.90 Å². The Morgan fingerprint density at radius 2 is 1.57 bits per heavy atom. The van der Waals surface area contributed by atoms with Crippen molar-refractivity contribution in [2.24, 2.45) is 0 Å². The van der Waals surface area contributed by atoms with Crippen LogP contribution in [0.15, 0.2) is 60.7 Å². The minimum absolute atomic E-state index is 0.102. The first kappa shape index (κ1) is 25.2. The molecule has 0 bridgehead atoms. The molecule has 6 nitrogen and oxygen atoms in total. The minimum atomic E-state index is -0.102. The second-order valence-electron chi connectivity index (χ2n) is 8.46. The fraction of sp³-hybridized carbons (Fsp3) is 0.357. The fourth-order valence-corrected chi connectivity index (χ4v) is 4.74. The first-order valence-electron chi connectivity index (χ1n) is 11.9. The smallest absolute Gasteiger partial charge is 0.203 e. The Labute approximate surface area is 212 Å². The maximum atomic E-state index is 6.46. The molecule has 1 atom stereocenters. The average Bonchev–Trinajstić information content (AvgIpc) is 3.17. The summed E-state index contributed by atoms with van der Waals surface area (Å²) < 4.78 is 23.6. The normalized spacial score (nSPS) is 15.2. The third-order valence-corrected chi connectivity index (χ3v) is 6.49.